The molecule has 1 fully saturated rings. The summed E-state index contributed by atoms with van der Waals surface area (Å²) in [6.45, 7) is 3.36. The predicted octanol–water partition coefficient (Wildman–Crippen LogP) is 0.214. The average Bonchev–Trinajstić information content (AvgIpc) is 1.96. The molecule has 1 amide bonds. The first kappa shape index (κ1) is 9.48. The van der Waals surface area contributed by atoms with Crippen molar-refractivity contribution in [3.05, 3.63) is 0 Å². The van der Waals surface area contributed by atoms with E-state index in [1.54, 1.807) is 0 Å². The fourth-order valence-corrected chi connectivity index (χ4v) is 1.26. The topological polar surface area (TPSA) is 58.6 Å². The van der Waals surface area contributed by atoms with E-state index >= 15 is 0 Å². The molecule has 2 N–H and O–H groups in total. The van der Waals surface area contributed by atoms with Gasteiger partial charge >= 0.3 is 0 Å². The second-order valence-electron chi connectivity index (χ2n) is 3.27. The van der Waals surface area contributed by atoms with E-state index in [9.17, 15) is 9.90 Å². The second kappa shape index (κ2) is 3.87. The van der Waals surface area contributed by atoms with Crippen LogP contribution in [0.5, 0.6) is 0 Å². The normalized spacial score (nSPS) is 36.1. The standard InChI is InChI=1S/C8H15NO3/c1-5-3-4-7(9-6(2)10)12-8(5)11/h5,7-8,11H,3-4H2,1-2H3,(H,9,10). The van der Waals surface area contributed by atoms with Crippen LogP contribution in [0.25, 0.3) is 0 Å². The smallest absolute Gasteiger partial charge is 0.218 e. The molecule has 0 saturated carbocycles. The summed E-state index contributed by atoms with van der Waals surface area (Å²) >= 11 is 0. The minimum atomic E-state index is -0.740. The van der Waals surface area contributed by atoms with Crippen LogP contribution in [-0.2, 0) is 9.53 Å². The highest BCUT2D eigenvalue weighted by Crippen LogP contribution is 2.21. The molecule has 4 nitrogen and oxygen atoms in total. The zero-order valence-corrected chi connectivity index (χ0v) is 7.41. The molecule has 0 aliphatic carbocycles. The number of nitrogens with one attached hydrogen (secondary N) is 1. The number of aliphatic hydroxyl groups is 1. The molecule has 1 aliphatic heterocycles. The number of carbonyl (C=O) groups is 1. The maximum Gasteiger partial charge on any atom is 0.218 e. The van der Waals surface area contributed by atoms with E-state index in [-0.39, 0.29) is 18.1 Å². The summed E-state index contributed by atoms with van der Waals surface area (Å²) < 4.78 is 5.13. The Hall–Kier alpha value is -0.610. The third-order valence-corrected chi connectivity index (χ3v) is 2.04. The first-order valence-electron chi connectivity index (χ1n) is 4.20. The molecule has 4 heteroatoms. The molecular weight excluding hydrogens is 158 g/mol. The summed E-state index contributed by atoms with van der Waals surface area (Å²) in [5.74, 6) is 0.0387. The first-order chi connectivity index (χ1) is 5.59. The van der Waals surface area contributed by atoms with Crippen molar-refractivity contribution in [3.63, 3.8) is 0 Å². The van der Waals surface area contributed by atoms with Gasteiger partial charge in [0.1, 0.15) is 6.23 Å². The van der Waals surface area contributed by atoms with E-state index in [0.717, 1.165) is 12.8 Å². The summed E-state index contributed by atoms with van der Waals surface area (Å²) in [6, 6.07) is 0. The minimum Gasteiger partial charge on any atom is -0.368 e. The van der Waals surface area contributed by atoms with E-state index in [0.29, 0.717) is 0 Å². The molecule has 0 spiro atoms. The Morgan fingerprint density at radius 2 is 2.25 bits per heavy atom. The lowest BCUT2D eigenvalue weighted by molar-refractivity contribution is -0.197. The molecule has 0 radical (unpaired) electrons. The van der Waals surface area contributed by atoms with Crippen LogP contribution in [0.3, 0.4) is 0 Å². The van der Waals surface area contributed by atoms with Crippen molar-refractivity contribution in [1.82, 2.24) is 5.32 Å². The van der Waals surface area contributed by atoms with E-state index in [1.165, 1.54) is 6.92 Å². The van der Waals surface area contributed by atoms with Crippen molar-refractivity contribution in [2.75, 3.05) is 0 Å². The molecule has 1 rings (SSSR count). The Morgan fingerprint density at radius 1 is 1.58 bits per heavy atom. The van der Waals surface area contributed by atoms with Gasteiger partial charge in [0.15, 0.2) is 6.29 Å². The monoisotopic (exact) mass is 173 g/mol. The number of hydrogen-bond acceptors (Lipinski definition) is 3. The Kier molecular flexibility index (Phi) is 3.05. The molecular formula is C8H15NO3. The lowest BCUT2D eigenvalue weighted by atomic mass is 10.0. The molecule has 1 saturated heterocycles. The first-order valence-corrected chi connectivity index (χ1v) is 4.20. The summed E-state index contributed by atoms with van der Waals surface area (Å²) in [7, 11) is 0. The predicted molar refractivity (Wildman–Crippen MR) is 43.1 cm³/mol. The maximum atomic E-state index is 10.6. The summed E-state index contributed by atoms with van der Waals surface area (Å²) in [4.78, 5) is 10.6. The number of carbonyl (C=O) groups excluding carboxylic acids is 1. The summed E-state index contributed by atoms with van der Waals surface area (Å²) in [5, 5.41) is 11.9. The number of ether oxygens (including phenoxy) is 1. The Bertz CT molecular complexity index is 172. The van der Waals surface area contributed by atoms with E-state index in [1.807, 2.05) is 6.92 Å². The van der Waals surface area contributed by atoms with E-state index in [2.05, 4.69) is 5.32 Å². The van der Waals surface area contributed by atoms with Gasteiger partial charge in [-0.1, -0.05) is 6.92 Å². The van der Waals surface area contributed by atoms with Crippen molar-refractivity contribution in [2.45, 2.75) is 39.2 Å². The van der Waals surface area contributed by atoms with E-state index < -0.39 is 6.29 Å². The van der Waals surface area contributed by atoms with Crippen LogP contribution in [0.2, 0.25) is 0 Å². The van der Waals surface area contributed by atoms with Gasteiger partial charge in [-0.3, -0.25) is 4.79 Å². The van der Waals surface area contributed by atoms with Crippen LogP contribution in [0, 0.1) is 5.92 Å². The zero-order chi connectivity index (χ0) is 9.14. The highest BCUT2D eigenvalue weighted by Gasteiger charge is 2.26. The molecule has 0 aromatic heterocycles. The number of rotatable bonds is 1. The highest BCUT2D eigenvalue weighted by molar-refractivity contribution is 5.72. The van der Waals surface area contributed by atoms with Crippen LogP contribution < -0.4 is 5.32 Å². The van der Waals surface area contributed by atoms with Gasteiger partial charge in [0.2, 0.25) is 5.91 Å². The number of aliphatic hydroxyl groups excluding tert-OH is 1. The quantitative estimate of drug-likeness (QED) is 0.596. The third kappa shape index (κ3) is 2.46. The van der Waals surface area contributed by atoms with Crippen LogP contribution in [-0.4, -0.2) is 23.5 Å². The molecule has 1 heterocycles. The van der Waals surface area contributed by atoms with Gasteiger partial charge in [-0.2, -0.15) is 0 Å². The Labute approximate surface area is 71.9 Å². The third-order valence-electron chi connectivity index (χ3n) is 2.04. The molecule has 3 atom stereocenters. The fraction of sp³-hybridized carbons (Fsp3) is 0.875. The lowest BCUT2D eigenvalue weighted by Crippen LogP contribution is -2.43. The maximum absolute atomic E-state index is 10.6. The summed E-state index contributed by atoms with van der Waals surface area (Å²) in [6.07, 6.45) is 0.605. The van der Waals surface area contributed by atoms with Gasteiger partial charge in [0.05, 0.1) is 0 Å². The molecule has 0 bridgehead atoms. The van der Waals surface area contributed by atoms with Crippen LogP contribution in [0.1, 0.15) is 26.7 Å². The highest BCUT2D eigenvalue weighted by atomic mass is 16.6. The Balaban J connectivity index is 2.35. The van der Waals surface area contributed by atoms with Gasteiger partial charge in [0, 0.05) is 12.8 Å². The van der Waals surface area contributed by atoms with Crippen molar-refractivity contribution >= 4 is 5.91 Å². The van der Waals surface area contributed by atoms with Gasteiger partial charge < -0.3 is 15.2 Å². The van der Waals surface area contributed by atoms with Crippen molar-refractivity contribution in [3.8, 4) is 0 Å². The van der Waals surface area contributed by atoms with Gasteiger partial charge in [-0.05, 0) is 12.8 Å². The Morgan fingerprint density at radius 3 is 2.75 bits per heavy atom. The molecule has 3 unspecified atom stereocenters. The molecule has 0 aromatic rings. The van der Waals surface area contributed by atoms with Crippen molar-refractivity contribution in [1.29, 1.82) is 0 Å². The summed E-state index contributed by atoms with van der Waals surface area (Å²) in [5.41, 5.74) is 0. The minimum absolute atomic E-state index is 0.123. The number of amides is 1. The van der Waals surface area contributed by atoms with Crippen LogP contribution in [0.4, 0.5) is 0 Å². The lowest BCUT2D eigenvalue weighted by Gasteiger charge is -2.31. The molecule has 1 aliphatic rings. The van der Waals surface area contributed by atoms with Gasteiger partial charge in [-0.25, -0.2) is 0 Å². The number of hydrogen-bond donors (Lipinski definition) is 2. The van der Waals surface area contributed by atoms with Gasteiger partial charge in [-0.15, -0.1) is 0 Å². The molecule has 0 aromatic carbocycles. The van der Waals surface area contributed by atoms with Crippen LogP contribution in [0.15, 0.2) is 0 Å². The van der Waals surface area contributed by atoms with Crippen LogP contribution >= 0.6 is 0 Å². The van der Waals surface area contributed by atoms with Crippen molar-refractivity contribution in [2.24, 2.45) is 5.92 Å². The fourth-order valence-electron chi connectivity index (χ4n) is 1.26. The largest absolute Gasteiger partial charge is 0.368 e. The average molecular weight is 173 g/mol. The van der Waals surface area contributed by atoms with E-state index in [4.69, 9.17) is 4.74 Å². The second-order valence-corrected chi connectivity index (χ2v) is 3.27. The zero-order valence-electron chi connectivity index (χ0n) is 7.41. The molecule has 12 heavy (non-hydrogen) atoms. The van der Waals surface area contributed by atoms with Gasteiger partial charge in [0.25, 0.3) is 0 Å². The molecule has 70 valence electrons. The van der Waals surface area contributed by atoms with Crippen molar-refractivity contribution < 1.29 is 14.6 Å². The SMILES string of the molecule is CC(=O)NC1CCC(C)C(O)O1.